The maximum Gasteiger partial charge on any atom is 0.00534 e. The Labute approximate surface area is 101 Å². The van der Waals surface area contributed by atoms with E-state index in [0.29, 0.717) is 5.41 Å². The van der Waals surface area contributed by atoms with Crippen LogP contribution in [0.5, 0.6) is 0 Å². The minimum absolute atomic E-state index is 0.707. The lowest BCUT2D eigenvalue weighted by molar-refractivity contribution is -0.0400. The average Bonchev–Trinajstić information content (AvgIpc) is 2.14. The molecule has 0 N–H and O–H groups in total. The summed E-state index contributed by atoms with van der Waals surface area (Å²) in [4.78, 5) is 2.62. The molecule has 16 heavy (non-hydrogen) atoms. The zero-order chi connectivity index (χ0) is 11.8. The van der Waals surface area contributed by atoms with Crippen LogP contribution >= 0.6 is 0 Å². The predicted octanol–water partition coefficient (Wildman–Crippen LogP) is 3.85. The van der Waals surface area contributed by atoms with Crippen molar-refractivity contribution >= 4 is 0 Å². The predicted molar refractivity (Wildman–Crippen MR) is 70.5 cm³/mol. The van der Waals surface area contributed by atoms with Crippen LogP contribution in [-0.2, 0) is 0 Å². The van der Waals surface area contributed by atoms with Crippen LogP contribution in [0.4, 0.5) is 0 Å². The first-order valence-corrected chi connectivity index (χ1v) is 6.94. The van der Waals surface area contributed by atoms with Crippen LogP contribution in [0.3, 0.4) is 0 Å². The molecule has 1 spiro atoms. The van der Waals surface area contributed by atoms with Crippen LogP contribution in [0.1, 0.15) is 53.4 Å². The fraction of sp³-hybridized carbons (Fsp3) is 0.867. The van der Waals surface area contributed by atoms with Crippen molar-refractivity contribution in [1.29, 1.82) is 0 Å². The van der Waals surface area contributed by atoms with Crippen molar-refractivity contribution in [2.75, 3.05) is 13.1 Å². The molecule has 2 rings (SSSR count). The molecule has 1 aliphatic heterocycles. The molecular weight excluding hydrogens is 194 g/mol. The normalized spacial score (nSPS) is 25.2. The Morgan fingerprint density at radius 3 is 2.06 bits per heavy atom. The van der Waals surface area contributed by atoms with Crippen LogP contribution in [0.25, 0.3) is 0 Å². The van der Waals surface area contributed by atoms with E-state index in [1.165, 1.54) is 38.8 Å². The molecule has 1 aliphatic carbocycles. The Morgan fingerprint density at radius 2 is 1.62 bits per heavy atom. The maximum atomic E-state index is 2.62. The molecule has 0 bridgehead atoms. The minimum atomic E-state index is 0.707. The summed E-state index contributed by atoms with van der Waals surface area (Å²) in [7, 11) is 0. The first-order valence-electron chi connectivity index (χ1n) is 6.94. The second kappa shape index (κ2) is 4.52. The van der Waals surface area contributed by atoms with E-state index in [-0.39, 0.29) is 0 Å². The molecule has 0 aromatic carbocycles. The largest absolute Gasteiger partial charge is 0.300 e. The number of hydrogen-bond donors (Lipinski definition) is 0. The number of hydrogen-bond acceptors (Lipinski definition) is 1. The second-order valence-electron chi connectivity index (χ2n) is 6.57. The van der Waals surface area contributed by atoms with Gasteiger partial charge in [0.2, 0.25) is 0 Å². The Bertz CT molecular complexity index is 257. The van der Waals surface area contributed by atoms with Gasteiger partial charge in [-0.2, -0.15) is 0 Å². The van der Waals surface area contributed by atoms with Crippen molar-refractivity contribution in [3.8, 4) is 0 Å². The van der Waals surface area contributed by atoms with Crippen LogP contribution in [0, 0.1) is 11.3 Å². The topological polar surface area (TPSA) is 3.24 Å². The summed E-state index contributed by atoms with van der Waals surface area (Å²) in [6, 6.07) is 0.748. The van der Waals surface area contributed by atoms with Gasteiger partial charge in [0, 0.05) is 19.1 Å². The molecule has 0 aromatic heterocycles. The first kappa shape index (κ1) is 12.2. The first-order chi connectivity index (χ1) is 7.51. The van der Waals surface area contributed by atoms with Gasteiger partial charge in [0.1, 0.15) is 0 Å². The van der Waals surface area contributed by atoms with E-state index in [1.807, 2.05) is 0 Å². The van der Waals surface area contributed by atoms with E-state index in [1.54, 1.807) is 5.57 Å². The molecule has 92 valence electrons. The highest BCUT2D eigenvalue weighted by atomic mass is 15.2. The molecule has 2 fully saturated rings. The Kier molecular flexibility index (Phi) is 3.44. The highest BCUT2D eigenvalue weighted by Gasteiger charge is 2.44. The van der Waals surface area contributed by atoms with Gasteiger partial charge >= 0.3 is 0 Å². The van der Waals surface area contributed by atoms with Crippen molar-refractivity contribution in [2.24, 2.45) is 11.3 Å². The number of rotatable bonds is 2. The summed E-state index contributed by atoms with van der Waals surface area (Å²) >= 11 is 0. The Balaban J connectivity index is 1.83. The highest BCUT2D eigenvalue weighted by molar-refractivity contribution is 5.12. The van der Waals surface area contributed by atoms with Gasteiger partial charge in [0.05, 0.1) is 0 Å². The molecule has 0 amide bonds. The molecule has 2 aliphatic rings. The van der Waals surface area contributed by atoms with E-state index < -0.39 is 0 Å². The molecule has 0 unspecified atom stereocenters. The summed E-state index contributed by atoms with van der Waals surface area (Å²) in [5.74, 6) is 0.734. The van der Waals surface area contributed by atoms with Gasteiger partial charge in [-0.25, -0.2) is 0 Å². The van der Waals surface area contributed by atoms with Gasteiger partial charge in [-0.15, -0.1) is 0 Å². The molecule has 0 atom stereocenters. The zero-order valence-electron chi connectivity index (χ0n) is 11.4. The van der Waals surface area contributed by atoms with Gasteiger partial charge in [0.25, 0.3) is 0 Å². The van der Waals surface area contributed by atoms with Gasteiger partial charge < -0.3 is 0 Å². The Hall–Kier alpha value is -0.300. The lowest BCUT2D eigenvalue weighted by Crippen LogP contribution is -2.59. The molecule has 0 radical (unpaired) electrons. The van der Waals surface area contributed by atoms with Crippen molar-refractivity contribution in [3.63, 3.8) is 0 Å². The second-order valence-corrected chi connectivity index (χ2v) is 6.57. The van der Waals surface area contributed by atoms with Gasteiger partial charge in [0.15, 0.2) is 0 Å². The van der Waals surface area contributed by atoms with Gasteiger partial charge in [-0.1, -0.05) is 25.5 Å². The molecule has 0 aromatic rings. The fourth-order valence-electron chi connectivity index (χ4n) is 3.24. The maximum absolute atomic E-state index is 2.62. The third-order valence-electron chi connectivity index (χ3n) is 4.33. The lowest BCUT2D eigenvalue weighted by Gasteiger charge is -2.54. The van der Waals surface area contributed by atoms with Crippen LogP contribution in [0.2, 0.25) is 0 Å². The van der Waals surface area contributed by atoms with Crippen molar-refractivity contribution in [2.45, 2.75) is 59.4 Å². The molecule has 1 nitrogen and oxygen atoms in total. The summed E-state index contributed by atoms with van der Waals surface area (Å²) in [5, 5.41) is 0. The third kappa shape index (κ3) is 2.51. The van der Waals surface area contributed by atoms with Gasteiger partial charge in [-0.3, -0.25) is 4.90 Å². The van der Waals surface area contributed by atoms with Crippen LogP contribution in [-0.4, -0.2) is 24.0 Å². The minimum Gasteiger partial charge on any atom is -0.300 e. The van der Waals surface area contributed by atoms with Crippen LogP contribution in [0.15, 0.2) is 11.6 Å². The van der Waals surface area contributed by atoms with E-state index in [4.69, 9.17) is 0 Å². The summed E-state index contributed by atoms with van der Waals surface area (Å²) in [6.07, 6.45) is 8.10. The van der Waals surface area contributed by atoms with E-state index in [0.717, 1.165) is 12.0 Å². The van der Waals surface area contributed by atoms with E-state index >= 15 is 0 Å². The summed E-state index contributed by atoms with van der Waals surface area (Å²) in [5.41, 5.74) is 2.43. The van der Waals surface area contributed by atoms with Crippen molar-refractivity contribution < 1.29 is 0 Å². The third-order valence-corrected chi connectivity index (χ3v) is 4.33. The number of likely N-dealkylation sites (tertiary alicyclic amines) is 1. The van der Waals surface area contributed by atoms with Gasteiger partial charge in [-0.05, 0) is 50.9 Å². The average molecular weight is 221 g/mol. The standard InChI is InChI=1S/C15H27N/c1-12(2)9-14-5-7-15(8-6-14)10-16(11-15)13(3)4/h9,12-13H,5-8,10-11H2,1-4H3. The quantitative estimate of drug-likeness (QED) is 0.640. The summed E-state index contributed by atoms with van der Waals surface area (Å²) in [6.45, 7) is 11.9. The van der Waals surface area contributed by atoms with Crippen molar-refractivity contribution in [1.82, 2.24) is 4.90 Å². The monoisotopic (exact) mass is 221 g/mol. The fourth-order valence-corrected chi connectivity index (χ4v) is 3.24. The number of allylic oxidation sites excluding steroid dienone is 2. The molecular formula is C15H27N. The van der Waals surface area contributed by atoms with E-state index in [2.05, 4.69) is 38.7 Å². The molecule has 1 heterocycles. The van der Waals surface area contributed by atoms with Crippen molar-refractivity contribution in [3.05, 3.63) is 11.6 Å². The molecule has 1 saturated carbocycles. The smallest absolute Gasteiger partial charge is 0.00534 e. The molecule has 1 saturated heterocycles. The summed E-state index contributed by atoms with van der Waals surface area (Å²) < 4.78 is 0. The number of nitrogens with zero attached hydrogens (tertiary/aromatic N) is 1. The lowest BCUT2D eigenvalue weighted by atomic mass is 9.67. The highest BCUT2D eigenvalue weighted by Crippen LogP contribution is 2.46. The van der Waals surface area contributed by atoms with Crippen LogP contribution < -0.4 is 0 Å². The molecule has 1 heteroatoms. The van der Waals surface area contributed by atoms with E-state index in [9.17, 15) is 0 Å². The SMILES string of the molecule is CC(C)C=C1CCC2(CC1)CN(C(C)C)C2. The zero-order valence-corrected chi connectivity index (χ0v) is 11.4. The Morgan fingerprint density at radius 1 is 1.06 bits per heavy atom.